The molecule has 3 amide bonds. The molecule has 0 bridgehead atoms. The predicted octanol–water partition coefficient (Wildman–Crippen LogP) is 0.110. The molecule has 0 fully saturated rings. The van der Waals surface area contributed by atoms with Gasteiger partial charge in [-0.25, -0.2) is 4.79 Å². The fourth-order valence-electron chi connectivity index (χ4n) is 1.41. The first-order valence-corrected chi connectivity index (χ1v) is 4.52. The van der Waals surface area contributed by atoms with E-state index in [1.165, 1.54) is 7.05 Å². The molecule has 0 spiro atoms. The van der Waals surface area contributed by atoms with Gasteiger partial charge in [0.25, 0.3) is 0 Å². The smallest absolute Gasteiger partial charge is 0.321 e. The number of hydrogen-bond acceptors (Lipinski definition) is 3. The van der Waals surface area contributed by atoms with E-state index in [0.717, 1.165) is 4.90 Å². The fraction of sp³-hybridized carbons (Fsp3) is 0.778. The lowest BCUT2D eigenvalue weighted by Gasteiger charge is -2.29. The van der Waals surface area contributed by atoms with Gasteiger partial charge in [-0.15, -0.1) is 0 Å². The highest BCUT2D eigenvalue weighted by molar-refractivity contribution is 5.96. The van der Waals surface area contributed by atoms with Gasteiger partial charge in [0.2, 0.25) is 5.91 Å². The summed E-state index contributed by atoms with van der Waals surface area (Å²) in [5, 5.41) is 0. The van der Waals surface area contributed by atoms with Crippen LogP contribution < -0.4 is 5.73 Å². The quantitative estimate of drug-likeness (QED) is 0.704. The van der Waals surface area contributed by atoms with E-state index in [-0.39, 0.29) is 17.9 Å². The molecule has 2 N–H and O–H groups in total. The van der Waals surface area contributed by atoms with Crippen LogP contribution in [0.25, 0.3) is 0 Å². The Morgan fingerprint density at radius 2 is 1.57 bits per heavy atom. The molecule has 0 aromatic carbocycles. The monoisotopic (exact) mass is 201 g/mol. The molecule has 0 aliphatic heterocycles. The zero-order valence-electron chi connectivity index (χ0n) is 9.44. The van der Waals surface area contributed by atoms with Crippen LogP contribution in [0.3, 0.4) is 0 Å². The summed E-state index contributed by atoms with van der Waals surface area (Å²) >= 11 is 0. The molecule has 0 aliphatic carbocycles. The van der Waals surface area contributed by atoms with Crippen LogP contribution in [0, 0.1) is 5.92 Å². The Kier molecular flexibility index (Phi) is 4.56. The van der Waals surface area contributed by atoms with Crippen molar-refractivity contribution in [2.45, 2.75) is 19.9 Å². The molecule has 5 nitrogen and oxygen atoms in total. The van der Waals surface area contributed by atoms with Gasteiger partial charge < -0.3 is 5.73 Å². The molecule has 0 rings (SSSR count). The normalized spacial score (nSPS) is 13.1. The van der Waals surface area contributed by atoms with Crippen molar-refractivity contribution in [3.8, 4) is 0 Å². The minimum absolute atomic E-state index is 0.138. The van der Waals surface area contributed by atoms with Gasteiger partial charge in [0.1, 0.15) is 0 Å². The minimum atomic E-state index is -0.720. The summed E-state index contributed by atoms with van der Waals surface area (Å²) in [4.78, 5) is 25.3. The maximum atomic E-state index is 11.8. The summed E-state index contributed by atoms with van der Waals surface area (Å²) in [6.07, 6.45) is 0. The van der Waals surface area contributed by atoms with E-state index >= 15 is 0 Å². The molecule has 0 aromatic rings. The highest BCUT2D eigenvalue weighted by atomic mass is 16.2. The molecule has 82 valence electrons. The van der Waals surface area contributed by atoms with Crippen LogP contribution in [-0.2, 0) is 4.79 Å². The van der Waals surface area contributed by atoms with Gasteiger partial charge in [-0.3, -0.25) is 14.6 Å². The second-order valence-corrected chi connectivity index (χ2v) is 3.89. The zero-order valence-corrected chi connectivity index (χ0v) is 9.44. The highest BCUT2D eigenvalue weighted by Crippen LogP contribution is 2.10. The fourth-order valence-corrected chi connectivity index (χ4v) is 1.41. The Bertz CT molecular complexity index is 218. The second-order valence-electron chi connectivity index (χ2n) is 3.89. The van der Waals surface area contributed by atoms with Crippen LogP contribution in [0.1, 0.15) is 13.8 Å². The van der Waals surface area contributed by atoms with Gasteiger partial charge in [0.05, 0.1) is 6.04 Å². The number of amides is 3. The number of likely N-dealkylation sites (N-methyl/N-ethyl adjacent to an activating group) is 2. The van der Waals surface area contributed by atoms with Crippen molar-refractivity contribution in [3.63, 3.8) is 0 Å². The molecule has 14 heavy (non-hydrogen) atoms. The zero-order chi connectivity index (χ0) is 11.5. The van der Waals surface area contributed by atoms with Gasteiger partial charge in [-0.2, -0.15) is 0 Å². The van der Waals surface area contributed by atoms with Crippen molar-refractivity contribution < 1.29 is 9.59 Å². The van der Waals surface area contributed by atoms with Crippen molar-refractivity contribution >= 4 is 11.9 Å². The number of nitrogens with zero attached hydrogens (tertiary/aromatic N) is 2. The largest absolute Gasteiger partial charge is 0.351 e. The Morgan fingerprint density at radius 1 is 1.14 bits per heavy atom. The van der Waals surface area contributed by atoms with E-state index in [1.807, 2.05) is 13.8 Å². The average Bonchev–Trinajstić information content (AvgIpc) is 2.01. The van der Waals surface area contributed by atoms with Crippen LogP contribution >= 0.6 is 0 Å². The van der Waals surface area contributed by atoms with Crippen molar-refractivity contribution in [3.05, 3.63) is 0 Å². The van der Waals surface area contributed by atoms with Crippen molar-refractivity contribution in [1.82, 2.24) is 9.80 Å². The van der Waals surface area contributed by atoms with Gasteiger partial charge in [-0.05, 0) is 20.0 Å². The maximum Gasteiger partial charge on any atom is 0.321 e. The molecule has 0 saturated carbocycles. The molecule has 1 atom stereocenters. The molecular formula is C9H19N3O2. The van der Waals surface area contributed by atoms with Crippen molar-refractivity contribution in [2.75, 3.05) is 21.1 Å². The second kappa shape index (κ2) is 4.95. The summed E-state index contributed by atoms with van der Waals surface area (Å²) in [7, 11) is 5.00. The standard InChI is InChI=1S/C9H19N3O2/c1-6(2)7(11(3)4)8(13)12(5)9(10)14/h6-7H,1-5H3,(H2,10,14)/t7-/m0/s1. The van der Waals surface area contributed by atoms with E-state index in [0.29, 0.717) is 0 Å². The van der Waals surface area contributed by atoms with Gasteiger partial charge >= 0.3 is 6.03 Å². The van der Waals surface area contributed by atoms with E-state index in [4.69, 9.17) is 5.73 Å². The predicted molar refractivity (Wildman–Crippen MR) is 54.7 cm³/mol. The number of hydrogen-bond donors (Lipinski definition) is 1. The lowest BCUT2D eigenvalue weighted by Crippen LogP contribution is -2.50. The Hall–Kier alpha value is -1.10. The van der Waals surface area contributed by atoms with E-state index in [1.54, 1.807) is 19.0 Å². The number of urea groups is 1. The molecule has 0 heterocycles. The minimum Gasteiger partial charge on any atom is -0.351 e. The van der Waals surface area contributed by atoms with Crippen molar-refractivity contribution in [2.24, 2.45) is 11.7 Å². The van der Waals surface area contributed by atoms with Crippen LogP contribution in [0.2, 0.25) is 0 Å². The number of nitrogens with two attached hydrogens (primary N) is 1. The summed E-state index contributed by atoms with van der Waals surface area (Å²) in [6.45, 7) is 3.86. The van der Waals surface area contributed by atoms with Crippen LogP contribution in [-0.4, -0.2) is 48.9 Å². The topological polar surface area (TPSA) is 66.6 Å². The molecule has 0 aliphatic rings. The van der Waals surface area contributed by atoms with Gasteiger partial charge in [0.15, 0.2) is 0 Å². The summed E-state index contributed by atoms with van der Waals surface area (Å²) in [6, 6.07) is -1.03. The van der Waals surface area contributed by atoms with E-state index in [2.05, 4.69) is 0 Å². The molecule has 0 radical (unpaired) electrons. The van der Waals surface area contributed by atoms with E-state index in [9.17, 15) is 9.59 Å². The number of imide groups is 1. The lowest BCUT2D eigenvalue weighted by atomic mass is 10.0. The SMILES string of the molecule is CC(C)[C@@H](C(=O)N(C)C(N)=O)N(C)C. The number of primary amides is 1. The van der Waals surface area contributed by atoms with Crippen LogP contribution in [0.4, 0.5) is 4.79 Å². The van der Waals surface area contributed by atoms with E-state index < -0.39 is 6.03 Å². The van der Waals surface area contributed by atoms with Crippen LogP contribution in [0.5, 0.6) is 0 Å². The third-order valence-corrected chi connectivity index (χ3v) is 2.10. The molecular weight excluding hydrogens is 182 g/mol. The molecule has 0 aromatic heterocycles. The molecule has 0 unspecified atom stereocenters. The number of carbonyl (C=O) groups excluding carboxylic acids is 2. The third-order valence-electron chi connectivity index (χ3n) is 2.10. The first kappa shape index (κ1) is 12.9. The first-order chi connectivity index (χ1) is 6.29. The number of carbonyl (C=O) groups is 2. The molecule has 0 saturated heterocycles. The Balaban J connectivity index is 4.69. The van der Waals surface area contributed by atoms with Crippen molar-refractivity contribution in [1.29, 1.82) is 0 Å². The summed E-state index contributed by atoms with van der Waals surface area (Å²) in [5.41, 5.74) is 5.02. The summed E-state index contributed by atoms with van der Waals surface area (Å²) in [5.74, 6) is -0.128. The Morgan fingerprint density at radius 3 is 1.79 bits per heavy atom. The third kappa shape index (κ3) is 2.99. The Labute approximate surface area is 84.8 Å². The first-order valence-electron chi connectivity index (χ1n) is 4.52. The molecule has 5 heteroatoms. The lowest BCUT2D eigenvalue weighted by molar-refractivity contribution is -0.133. The van der Waals surface area contributed by atoms with Gasteiger partial charge in [0, 0.05) is 7.05 Å². The number of rotatable bonds is 3. The maximum absolute atomic E-state index is 11.8. The van der Waals surface area contributed by atoms with Crippen LogP contribution in [0.15, 0.2) is 0 Å². The van der Waals surface area contributed by atoms with Gasteiger partial charge in [-0.1, -0.05) is 13.8 Å². The highest BCUT2D eigenvalue weighted by Gasteiger charge is 2.28. The summed E-state index contributed by atoms with van der Waals surface area (Å²) < 4.78 is 0. The average molecular weight is 201 g/mol.